The van der Waals surface area contributed by atoms with Crippen LogP contribution in [-0.2, 0) is 0 Å². The Labute approximate surface area is 176 Å². The molecule has 30 heavy (non-hydrogen) atoms. The van der Waals surface area contributed by atoms with Crippen molar-refractivity contribution in [2.45, 2.75) is 19.3 Å². The van der Waals surface area contributed by atoms with Gasteiger partial charge < -0.3 is 15.3 Å². The highest BCUT2D eigenvalue weighted by molar-refractivity contribution is 6.06. The molecule has 3 aromatic rings. The second-order valence-electron chi connectivity index (χ2n) is 7.44. The molecule has 0 saturated carbocycles. The van der Waals surface area contributed by atoms with Crippen molar-refractivity contribution in [2.75, 3.05) is 23.3 Å². The standard InChI is InChI=1S/C25H23N3O2/c26-17-20-15-24(29)22(18-8-3-1-4-9-18)16-23(20)27-25(30)19-10-7-11-21(14-19)28-12-5-2-6-13-28/h1,3-4,7-11,14-16,29H,2,5-6,12-13H2,(H,27,30). The van der Waals surface area contributed by atoms with Gasteiger partial charge in [-0.05, 0) is 49.1 Å². The van der Waals surface area contributed by atoms with E-state index >= 15 is 0 Å². The van der Waals surface area contributed by atoms with Gasteiger partial charge in [0.15, 0.2) is 0 Å². The Morgan fingerprint density at radius 3 is 2.47 bits per heavy atom. The Morgan fingerprint density at radius 2 is 1.73 bits per heavy atom. The highest BCUT2D eigenvalue weighted by Crippen LogP contribution is 2.34. The van der Waals surface area contributed by atoms with Gasteiger partial charge in [-0.1, -0.05) is 36.4 Å². The molecule has 0 atom stereocenters. The molecule has 1 amide bonds. The molecule has 5 nitrogen and oxygen atoms in total. The third kappa shape index (κ3) is 4.13. The van der Waals surface area contributed by atoms with E-state index in [4.69, 9.17) is 0 Å². The van der Waals surface area contributed by atoms with Gasteiger partial charge in [0.25, 0.3) is 5.91 Å². The summed E-state index contributed by atoms with van der Waals surface area (Å²) in [6.07, 6.45) is 3.58. The molecular weight excluding hydrogens is 374 g/mol. The molecule has 4 rings (SSSR count). The lowest BCUT2D eigenvalue weighted by Crippen LogP contribution is -2.29. The quantitative estimate of drug-likeness (QED) is 0.595. The summed E-state index contributed by atoms with van der Waals surface area (Å²) < 4.78 is 0. The number of phenolic OH excluding ortho intramolecular Hbond substituents is 1. The Morgan fingerprint density at radius 1 is 0.967 bits per heavy atom. The Hall–Kier alpha value is -3.78. The van der Waals surface area contributed by atoms with Crippen molar-refractivity contribution in [1.82, 2.24) is 0 Å². The fraction of sp³-hybridized carbons (Fsp3) is 0.200. The average Bonchev–Trinajstić information content (AvgIpc) is 2.81. The molecule has 0 aliphatic carbocycles. The number of anilines is 2. The minimum absolute atomic E-state index is 0.00263. The molecule has 5 heteroatoms. The number of nitrogens with zero attached hydrogens (tertiary/aromatic N) is 2. The fourth-order valence-electron chi connectivity index (χ4n) is 3.82. The molecule has 1 aliphatic rings. The highest BCUT2D eigenvalue weighted by atomic mass is 16.3. The number of piperidine rings is 1. The normalized spacial score (nSPS) is 13.5. The lowest BCUT2D eigenvalue weighted by atomic mass is 10.0. The van der Waals surface area contributed by atoms with Gasteiger partial charge >= 0.3 is 0 Å². The van der Waals surface area contributed by atoms with Gasteiger partial charge in [-0.25, -0.2) is 0 Å². The first kappa shape index (κ1) is 19.5. The topological polar surface area (TPSA) is 76.4 Å². The number of nitriles is 1. The van der Waals surface area contributed by atoms with Crippen LogP contribution < -0.4 is 10.2 Å². The van der Waals surface area contributed by atoms with Crippen LogP contribution >= 0.6 is 0 Å². The zero-order valence-electron chi connectivity index (χ0n) is 16.6. The van der Waals surface area contributed by atoms with Gasteiger partial charge in [0.05, 0.1) is 11.3 Å². The average molecular weight is 397 g/mol. The molecule has 1 saturated heterocycles. The van der Waals surface area contributed by atoms with Crippen molar-refractivity contribution < 1.29 is 9.90 Å². The molecule has 2 N–H and O–H groups in total. The van der Waals surface area contributed by atoms with Gasteiger partial charge in [0.1, 0.15) is 11.8 Å². The second-order valence-corrected chi connectivity index (χ2v) is 7.44. The smallest absolute Gasteiger partial charge is 0.255 e. The number of phenols is 1. The molecular formula is C25H23N3O2. The van der Waals surface area contributed by atoms with Crippen molar-refractivity contribution in [2.24, 2.45) is 0 Å². The van der Waals surface area contributed by atoms with Crippen LogP contribution in [0.5, 0.6) is 5.75 Å². The van der Waals surface area contributed by atoms with E-state index in [-0.39, 0.29) is 17.2 Å². The lowest BCUT2D eigenvalue weighted by molar-refractivity contribution is 0.102. The van der Waals surface area contributed by atoms with Crippen LogP contribution in [0.1, 0.15) is 35.2 Å². The van der Waals surface area contributed by atoms with Gasteiger partial charge in [-0.15, -0.1) is 0 Å². The summed E-state index contributed by atoms with van der Waals surface area (Å²) in [5.74, 6) is -0.280. The predicted molar refractivity (Wildman–Crippen MR) is 119 cm³/mol. The van der Waals surface area contributed by atoms with Gasteiger partial charge in [-0.3, -0.25) is 4.79 Å². The highest BCUT2D eigenvalue weighted by Gasteiger charge is 2.16. The summed E-state index contributed by atoms with van der Waals surface area (Å²) >= 11 is 0. The van der Waals surface area contributed by atoms with Crippen LogP contribution in [0.2, 0.25) is 0 Å². The lowest BCUT2D eigenvalue weighted by Gasteiger charge is -2.29. The maximum absolute atomic E-state index is 12.9. The SMILES string of the molecule is N#Cc1cc(O)c(-c2ccccc2)cc1NC(=O)c1cccc(N2CCCCC2)c1. The number of hydrogen-bond acceptors (Lipinski definition) is 4. The zero-order chi connectivity index (χ0) is 20.9. The second kappa shape index (κ2) is 8.71. The predicted octanol–water partition coefficient (Wildman–Crippen LogP) is 5.17. The summed E-state index contributed by atoms with van der Waals surface area (Å²) in [6, 6.07) is 22.0. The van der Waals surface area contributed by atoms with E-state index in [0.29, 0.717) is 16.8 Å². The van der Waals surface area contributed by atoms with Crippen molar-refractivity contribution >= 4 is 17.3 Å². The van der Waals surface area contributed by atoms with Gasteiger partial charge in [-0.2, -0.15) is 5.26 Å². The Kier molecular flexibility index (Phi) is 5.67. The summed E-state index contributed by atoms with van der Waals surface area (Å²) in [6.45, 7) is 2.00. The summed E-state index contributed by atoms with van der Waals surface area (Å²) in [5, 5.41) is 22.7. The van der Waals surface area contributed by atoms with Gasteiger partial charge in [0, 0.05) is 36.0 Å². The molecule has 0 bridgehead atoms. The molecule has 0 radical (unpaired) electrons. The minimum Gasteiger partial charge on any atom is -0.507 e. The molecule has 1 heterocycles. The van der Waals surface area contributed by atoms with Gasteiger partial charge in [0.2, 0.25) is 0 Å². The number of carbonyl (C=O) groups is 1. The number of amides is 1. The molecule has 1 fully saturated rings. The van der Waals surface area contributed by atoms with Crippen LogP contribution in [0, 0.1) is 11.3 Å². The van der Waals surface area contributed by atoms with E-state index in [2.05, 4.69) is 16.3 Å². The Balaban J connectivity index is 1.62. The third-order valence-electron chi connectivity index (χ3n) is 5.42. The van der Waals surface area contributed by atoms with Crippen LogP contribution in [0.3, 0.4) is 0 Å². The third-order valence-corrected chi connectivity index (χ3v) is 5.42. The number of carbonyl (C=O) groups excluding carboxylic acids is 1. The van der Waals surface area contributed by atoms with Crippen LogP contribution in [0.25, 0.3) is 11.1 Å². The summed E-state index contributed by atoms with van der Waals surface area (Å²) in [4.78, 5) is 15.2. The first-order chi connectivity index (χ1) is 14.7. The molecule has 0 spiro atoms. The van der Waals surface area contributed by atoms with E-state index in [9.17, 15) is 15.2 Å². The van der Waals surface area contributed by atoms with E-state index in [1.165, 1.54) is 12.5 Å². The van der Waals surface area contributed by atoms with E-state index in [1.54, 1.807) is 12.1 Å². The molecule has 150 valence electrons. The monoisotopic (exact) mass is 397 g/mol. The molecule has 0 aromatic heterocycles. The van der Waals surface area contributed by atoms with Crippen LogP contribution in [-0.4, -0.2) is 24.1 Å². The maximum Gasteiger partial charge on any atom is 0.255 e. The number of benzene rings is 3. The van der Waals surface area contributed by atoms with E-state index in [1.807, 2.05) is 48.5 Å². The number of hydrogen-bond donors (Lipinski definition) is 2. The Bertz CT molecular complexity index is 1100. The van der Waals surface area contributed by atoms with Crippen molar-refractivity contribution in [3.8, 4) is 22.9 Å². The molecule has 3 aromatic carbocycles. The largest absolute Gasteiger partial charge is 0.507 e. The van der Waals surface area contributed by atoms with E-state index < -0.39 is 0 Å². The van der Waals surface area contributed by atoms with Crippen molar-refractivity contribution in [3.05, 3.63) is 77.9 Å². The molecule has 0 unspecified atom stereocenters. The van der Waals surface area contributed by atoms with Crippen LogP contribution in [0.15, 0.2) is 66.7 Å². The zero-order valence-corrected chi connectivity index (χ0v) is 16.6. The van der Waals surface area contributed by atoms with Crippen molar-refractivity contribution in [3.63, 3.8) is 0 Å². The first-order valence-corrected chi connectivity index (χ1v) is 10.1. The number of aromatic hydroxyl groups is 1. The minimum atomic E-state index is -0.282. The first-order valence-electron chi connectivity index (χ1n) is 10.1. The van der Waals surface area contributed by atoms with Crippen LogP contribution in [0.4, 0.5) is 11.4 Å². The van der Waals surface area contributed by atoms with E-state index in [0.717, 1.165) is 37.2 Å². The fourth-order valence-corrected chi connectivity index (χ4v) is 3.82. The molecule has 1 aliphatic heterocycles. The number of nitrogens with one attached hydrogen (secondary N) is 1. The summed E-state index contributed by atoms with van der Waals surface area (Å²) in [7, 11) is 0. The van der Waals surface area contributed by atoms with Crippen molar-refractivity contribution in [1.29, 1.82) is 5.26 Å². The number of rotatable bonds is 4. The maximum atomic E-state index is 12.9. The summed E-state index contributed by atoms with van der Waals surface area (Å²) in [5.41, 5.74) is 3.54.